The largest absolute Gasteiger partial charge is 0.394 e. The van der Waals surface area contributed by atoms with Crippen molar-refractivity contribution in [1.29, 1.82) is 0 Å². The molecule has 1 aliphatic heterocycles. The van der Waals surface area contributed by atoms with E-state index in [0.29, 0.717) is 6.04 Å². The van der Waals surface area contributed by atoms with Crippen molar-refractivity contribution in [2.45, 2.75) is 51.1 Å². The normalized spacial score (nSPS) is 26.1. The van der Waals surface area contributed by atoms with Gasteiger partial charge in [0.15, 0.2) is 0 Å². The zero-order valence-corrected chi connectivity index (χ0v) is 13.3. The molecule has 4 nitrogen and oxygen atoms in total. The number of hydrogen-bond acceptors (Lipinski definition) is 4. The van der Waals surface area contributed by atoms with E-state index in [1.807, 2.05) is 7.05 Å². The van der Waals surface area contributed by atoms with Crippen LogP contribution in [0.25, 0.3) is 0 Å². The fraction of sp³-hybridized carbons (Fsp3) is 1.00. The SMILES string of the molecule is CCC1CN(C)CCCN1CCCC(C)(CO)NC. The molecule has 1 saturated heterocycles. The molecule has 2 unspecified atom stereocenters. The Hall–Kier alpha value is -0.160. The van der Waals surface area contributed by atoms with Crippen molar-refractivity contribution in [2.75, 3.05) is 46.9 Å². The monoisotopic (exact) mass is 271 g/mol. The third kappa shape index (κ3) is 5.38. The second-order valence-electron chi connectivity index (χ2n) is 6.29. The molecule has 1 rings (SSSR count). The smallest absolute Gasteiger partial charge is 0.0610 e. The Morgan fingerprint density at radius 2 is 2.11 bits per heavy atom. The second-order valence-corrected chi connectivity index (χ2v) is 6.29. The summed E-state index contributed by atoms with van der Waals surface area (Å²) in [5.74, 6) is 0. The van der Waals surface area contributed by atoms with Crippen LogP contribution in [0.2, 0.25) is 0 Å². The number of aliphatic hydroxyl groups excluding tert-OH is 1. The average molecular weight is 271 g/mol. The van der Waals surface area contributed by atoms with Gasteiger partial charge in [0, 0.05) is 18.1 Å². The van der Waals surface area contributed by atoms with E-state index in [1.165, 1.54) is 32.5 Å². The lowest BCUT2D eigenvalue weighted by Gasteiger charge is -2.32. The average Bonchev–Trinajstić information content (AvgIpc) is 2.60. The van der Waals surface area contributed by atoms with E-state index >= 15 is 0 Å². The van der Waals surface area contributed by atoms with Crippen molar-refractivity contribution >= 4 is 0 Å². The van der Waals surface area contributed by atoms with Gasteiger partial charge in [0.25, 0.3) is 0 Å². The van der Waals surface area contributed by atoms with Crippen molar-refractivity contribution in [3.8, 4) is 0 Å². The molecule has 0 aliphatic carbocycles. The zero-order valence-electron chi connectivity index (χ0n) is 13.3. The summed E-state index contributed by atoms with van der Waals surface area (Å²) in [6.07, 6.45) is 4.69. The maximum absolute atomic E-state index is 9.42. The first-order valence-corrected chi connectivity index (χ1v) is 7.77. The zero-order chi connectivity index (χ0) is 14.3. The Bertz CT molecular complexity index is 244. The number of nitrogens with one attached hydrogen (secondary N) is 1. The predicted molar refractivity (Wildman–Crippen MR) is 81.6 cm³/mol. The number of nitrogens with zero attached hydrogens (tertiary/aromatic N) is 2. The van der Waals surface area contributed by atoms with Crippen molar-refractivity contribution in [3.05, 3.63) is 0 Å². The third-order valence-electron chi connectivity index (χ3n) is 4.62. The molecule has 0 aromatic carbocycles. The van der Waals surface area contributed by atoms with Crippen LogP contribution in [0.1, 0.15) is 39.5 Å². The number of likely N-dealkylation sites (N-methyl/N-ethyl adjacent to an activating group) is 2. The van der Waals surface area contributed by atoms with E-state index in [1.54, 1.807) is 0 Å². The number of hydrogen-bond donors (Lipinski definition) is 2. The molecule has 2 N–H and O–H groups in total. The summed E-state index contributed by atoms with van der Waals surface area (Å²) in [5.41, 5.74) is -0.121. The molecule has 0 saturated carbocycles. The molecule has 0 radical (unpaired) electrons. The molecule has 0 amide bonds. The van der Waals surface area contributed by atoms with Crippen LogP contribution in [-0.4, -0.2) is 73.4 Å². The van der Waals surface area contributed by atoms with E-state index in [2.05, 4.69) is 36.0 Å². The summed E-state index contributed by atoms with van der Waals surface area (Å²) in [7, 11) is 4.17. The fourth-order valence-electron chi connectivity index (χ4n) is 2.93. The topological polar surface area (TPSA) is 38.7 Å². The Kier molecular flexibility index (Phi) is 7.29. The lowest BCUT2D eigenvalue weighted by atomic mass is 9.97. The third-order valence-corrected chi connectivity index (χ3v) is 4.62. The van der Waals surface area contributed by atoms with E-state index in [4.69, 9.17) is 0 Å². The summed E-state index contributed by atoms with van der Waals surface area (Å²) in [5, 5.41) is 12.7. The van der Waals surface area contributed by atoms with Gasteiger partial charge in [0.1, 0.15) is 0 Å². The Balaban J connectivity index is 2.41. The first-order valence-electron chi connectivity index (χ1n) is 7.77. The van der Waals surface area contributed by atoms with Gasteiger partial charge < -0.3 is 15.3 Å². The molecule has 2 atom stereocenters. The Labute approximate surface area is 119 Å². The maximum atomic E-state index is 9.42. The molecule has 1 aliphatic rings. The fourth-order valence-corrected chi connectivity index (χ4v) is 2.93. The van der Waals surface area contributed by atoms with Crippen LogP contribution >= 0.6 is 0 Å². The molecule has 1 fully saturated rings. The van der Waals surface area contributed by atoms with Gasteiger partial charge in [-0.1, -0.05) is 6.92 Å². The molecule has 0 bridgehead atoms. The quantitative estimate of drug-likeness (QED) is 0.729. The summed E-state index contributed by atoms with van der Waals surface area (Å²) >= 11 is 0. The van der Waals surface area contributed by atoms with Crippen LogP contribution in [0.5, 0.6) is 0 Å². The van der Waals surface area contributed by atoms with E-state index in [-0.39, 0.29) is 12.1 Å². The highest BCUT2D eigenvalue weighted by atomic mass is 16.3. The van der Waals surface area contributed by atoms with E-state index in [0.717, 1.165) is 19.4 Å². The van der Waals surface area contributed by atoms with Crippen LogP contribution in [0, 0.1) is 0 Å². The molecular formula is C15H33N3O. The highest BCUT2D eigenvalue weighted by Crippen LogP contribution is 2.16. The molecule has 19 heavy (non-hydrogen) atoms. The van der Waals surface area contributed by atoms with Crippen molar-refractivity contribution in [2.24, 2.45) is 0 Å². The first-order chi connectivity index (χ1) is 9.04. The Morgan fingerprint density at radius 3 is 2.68 bits per heavy atom. The lowest BCUT2D eigenvalue weighted by molar-refractivity contribution is 0.148. The van der Waals surface area contributed by atoms with Crippen LogP contribution in [0.4, 0.5) is 0 Å². The highest BCUT2D eigenvalue weighted by molar-refractivity contribution is 4.82. The molecule has 0 spiro atoms. The van der Waals surface area contributed by atoms with Crippen molar-refractivity contribution in [3.63, 3.8) is 0 Å². The van der Waals surface area contributed by atoms with Gasteiger partial charge in [-0.15, -0.1) is 0 Å². The van der Waals surface area contributed by atoms with Gasteiger partial charge in [0.2, 0.25) is 0 Å². The van der Waals surface area contributed by atoms with Gasteiger partial charge in [0.05, 0.1) is 6.61 Å². The molecule has 1 heterocycles. The molecule has 114 valence electrons. The summed E-state index contributed by atoms with van der Waals surface area (Å²) in [6.45, 7) is 9.39. The summed E-state index contributed by atoms with van der Waals surface area (Å²) in [4.78, 5) is 5.11. The minimum absolute atomic E-state index is 0.121. The standard InChI is InChI=1S/C15H33N3O/c1-5-14-12-17(4)9-7-11-18(14)10-6-8-15(2,13-19)16-3/h14,16,19H,5-13H2,1-4H3. The predicted octanol–water partition coefficient (Wildman–Crippen LogP) is 1.15. The van der Waals surface area contributed by atoms with Gasteiger partial charge in [-0.25, -0.2) is 0 Å². The maximum Gasteiger partial charge on any atom is 0.0610 e. The van der Waals surface area contributed by atoms with Gasteiger partial charge in [-0.05, 0) is 66.3 Å². The molecule has 0 aromatic rings. The summed E-state index contributed by atoms with van der Waals surface area (Å²) in [6, 6.07) is 0.697. The molecule has 4 heteroatoms. The Morgan fingerprint density at radius 1 is 1.37 bits per heavy atom. The van der Waals surface area contributed by atoms with E-state index in [9.17, 15) is 5.11 Å². The van der Waals surface area contributed by atoms with Crippen LogP contribution in [-0.2, 0) is 0 Å². The summed E-state index contributed by atoms with van der Waals surface area (Å²) < 4.78 is 0. The van der Waals surface area contributed by atoms with Gasteiger partial charge in [-0.2, -0.15) is 0 Å². The second kappa shape index (κ2) is 8.20. The minimum atomic E-state index is -0.121. The van der Waals surface area contributed by atoms with Gasteiger partial charge >= 0.3 is 0 Å². The van der Waals surface area contributed by atoms with Crippen molar-refractivity contribution < 1.29 is 5.11 Å². The first kappa shape index (κ1) is 16.9. The van der Waals surface area contributed by atoms with Crippen LogP contribution < -0.4 is 5.32 Å². The number of aliphatic hydroxyl groups is 1. The van der Waals surface area contributed by atoms with Crippen LogP contribution in [0.15, 0.2) is 0 Å². The van der Waals surface area contributed by atoms with Gasteiger partial charge in [-0.3, -0.25) is 4.90 Å². The lowest BCUT2D eigenvalue weighted by Crippen LogP contribution is -2.45. The van der Waals surface area contributed by atoms with E-state index < -0.39 is 0 Å². The minimum Gasteiger partial charge on any atom is -0.394 e. The number of rotatable bonds is 7. The molecule has 0 aromatic heterocycles. The highest BCUT2D eigenvalue weighted by Gasteiger charge is 2.24. The van der Waals surface area contributed by atoms with Crippen molar-refractivity contribution in [1.82, 2.24) is 15.1 Å². The molecular weight excluding hydrogens is 238 g/mol. The van der Waals surface area contributed by atoms with Crippen LogP contribution in [0.3, 0.4) is 0 Å².